The van der Waals surface area contributed by atoms with Crippen molar-refractivity contribution in [2.45, 2.75) is 10.9 Å². The van der Waals surface area contributed by atoms with Gasteiger partial charge in [-0.1, -0.05) is 0 Å². The summed E-state index contributed by atoms with van der Waals surface area (Å²) >= 11 is 1.54. The van der Waals surface area contributed by atoms with Gasteiger partial charge in [0.05, 0.1) is 28.3 Å². The molecule has 0 fully saturated rings. The third-order valence-corrected chi connectivity index (χ3v) is 4.82. The Balaban J connectivity index is 1.86. The van der Waals surface area contributed by atoms with Gasteiger partial charge in [-0.3, -0.25) is 4.21 Å². The number of hydrogen-bond acceptors (Lipinski definition) is 7. The van der Waals surface area contributed by atoms with Gasteiger partial charge in [-0.2, -0.15) is 5.26 Å². The summed E-state index contributed by atoms with van der Waals surface area (Å²) in [5.74, 6) is 1.08. The molecule has 7 nitrogen and oxygen atoms in total. The smallest absolute Gasteiger partial charge is 0.197 e. The van der Waals surface area contributed by atoms with Crippen molar-refractivity contribution in [3.05, 3.63) is 28.3 Å². The van der Waals surface area contributed by atoms with Gasteiger partial charge in [0.1, 0.15) is 28.8 Å². The van der Waals surface area contributed by atoms with Crippen LogP contribution in [0.3, 0.4) is 0 Å². The zero-order valence-electron chi connectivity index (χ0n) is 11.9. The summed E-state index contributed by atoms with van der Waals surface area (Å²) < 4.78 is 12.4. The van der Waals surface area contributed by atoms with Crippen LogP contribution in [-0.4, -0.2) is 38.2 Å². The molecule has 0 aliphatic carbocycles. The minimum atomic E-state index is -1.36. The fourth-order valence-electron chi connectivity index (χ4n) is 1.91. The van der Waals surface area contributed by atoms with Crippen LogP contribution in [0.4, 0.5) is 5.82 Å². The number of hydrogen-bond donors (Lipinski definition) is 1. The van der Waals surface area contributed by atoms with Crippen molar-refractivity contribution < 1.29 is 4.21 Å². The minimum Gasteiger partial charge on any atom is -0.362 e. The molecule has 0 saturated heterocycles. The van der Waals surface area contributed by atoms with E-state index in [0.29, 0.717) is 22.4 Å². The molecule has 0 aliphatic heterocycles. The van der Waals surface area contributed by atoms with E-state index in [1.807, 2.05) is 16.8 Å². The van der Waals surface area contributed by atoms with Crippen LogP contribution in [0.25, 0.3) is 11.0 Å². The molecule has 0 amide bonds. The van der Waals surface area contributed by atoms with E-state index in [1.165, 1.54) is 17.5 Å². The van der Waals surface area contributed by atoms with E-state index in [-0.39, 0.29) is 5.75 Å². The van der Waals surface area contributed by atoms with Crippen LogP contribution in [-0.2, 0) is 16.6 Å². The van der Waals surface area contributed by atoms with Gasteiger partial charge in [0.2, 0.25) is 0 Å². The normalized spacial score (nSPS) is 12.2. The molecule has 1 unspecified atom stereocenters. The summed E-state index contributed by atoms with van der Waals surface area (Å²) in [6.45, 7) is 0. The van der Waals surface area contributed by atoms with Gasteiger partial charge in [-0.15, -0.1) is 11.3 Å². The third-order valence-electron chi connectivity index (χ3n) is 2.94. The SMILES string of the molecule is CN(C)c1nc(CS(=O)c2nc3cscc3[nH]2)ncc1C#N. The number of aromatic amines is 1. The molecular formula is C13H12N6OS2. The van der Waals surface area contributed by atoms with Crippen molar-refractivity contribution in [3.8, 4) is 6.07 Å². The molecule has 3 rings (SSSR count). The predicted octanol–water partition coefficient (Wildman–Crippen LogP) is 1.66. The van der Waals surface area contributed by atoms with Crippen LogP contribution in [0.5, 0.6) is 0 Å². The average Bonchev–Trinajstić information content (AvgIpc) is 3.08. The first-order valence-electron chi connectivity index (χ1n) is 6.32. The molecule has 1 atom stereocenters. The van der Waals surface area contributed by atoms with Crippen molar-refractivity contribution in [1.29, 1.82) is 5.26 Å². The maximum absolute atomic E-state index is 12.4. The lowest BCUT2D eigenvalue weighted by Gasteiger charge is -2.13. The highest BCUT2D eigenvalue weighted by Gasteiger charge is 2.15. The Morgan fingerprint density at radius 1 is 1.41 bits per heavy atom. The number of thiophene rings is 1. The van der Waals surface area contributed by atoms with E-state index in [0.717, 1.165) is 11.0 Å². The van der Waals surface area contributed by atoms with Crippen LogP contribution in [0.2, 0.25) is 0 Å². The molecular weight excluding hydrogens is 320 g/mol. The van der Waals surface area contributed by atoms with Crippen molar-refractivity contribution in [2.24, 2.45) is 0 Å². The molecule has 0 radical (unpaired) electrons. The summed E-state index contributed by atoms with van der Waals surface area (Å²) in [4.78, 5) is 17.5. The number of anilines is 1. The molecule has 9 heteroatoms. The van der Waals surface area contributed by atoms with Crippen molar-refractivity contribution in [3.63, 3.8) is 0 Å². The van der Waals surface area contributed by atoms with Gasteiger partial charge in [0, 0.05) is 24.9 Å². The van der Waals surface area contributed by atoms with E-state index in [2.05, 4.69) is 19.9 Å². The van der Waals surface area contributed by atoms with E-state index >= 15 is 0 Å². The molecule has 3 heterocycles. The van der Waals surface area contributed by atoms with Gasteiger partial charge in [-0.05, 0) is 0 Å². The lowest BCUT2D eigenvalue weighted by molar-refractivity contribution is 0.676. The lowest BCUT2D eigenvalue weighted by atomic mass is 10.3. The van der Waals surface area contributed by atoms with E-state index in [9.17, 15) is 4.21 Å². The number of H-pyrrole nitrogens is 1. The fraction of sp³-hybridized carbons (Fsp3) is 0.231. The molecule has 3 aromatic rings. The number of fused-ring (bicyclic) bond motifs is 1. The highest BCUT2D eigenvalue weighted by atomic mass is 32.2. The zero-order chi connectivity index (χ0) is 15.7. The second-order valence-electron chi connectivity index (χ2n) is 4.73. The Kier molecular flexibility index (Phi) is 3.87. The average molecular weight is 332 g/mol. The Bertz CT molecular complexity index is 863. The summed E-state index contributed by atoms with van der Waals surface area (Å²) in [5, 5.41) is 13.3. The number of aromatic nitrogens is 4. The number of imidazole rings is 1. The molecule has 0 bridgehead atoms. The Hall–Kier alpha value is -2.31. The van der Waals surface area contributed by atoms with E-state index in [4.69, 9.17) is 5.26 Å². The summed E-state index contributed by atoms with van der Waals surface area (Å²) in [6.07, 6.45) is 1.45. The maximum atomic E-state index is 12.4. The first-order chi connectivity index (χ1) is 10.6. The first-order valence-corrected chi connectivity index (χ1v) is 8.58. The number of rotatable bonds is 4. The van der Waals surface area contributed by atoms with Crippen LogP contribution in [0.1, 0.15) is 11.4 Å². The number of nitrogens with zero attached hydrogens (tertiary/aromatic N) is 5. The summed E-state index contributed by atoms with van der Waals surface area (Å²) in [5.41, 5.74) is 2.07. The topological polar surface area (TPSA) is 98.6 Å². The van der Waals surface area contributed by atoms with Gasteiger partial charge in [0.15, 0.2) is 5.16 Å². The largest absolute Gasteiger partial charge is 0.362 e. The van der Waals surface area contributed by atoms with Gasteiger partial charge in [-0.25, -0.2) is 15.0 Å². The highest BCUT2D eigenvalue weighted by molar-refractivity contribution is 7.84. The van der Waals surface area contributed by atoms with Gasteiger partial charge < -0.3 is 9.88 Å². The standard InChI is InChI=1S/C13H12N6OS2/c1-19(2)12-8(3-14)4-15-11(18-12)7-22(20)13-16-9-5-21-6-10(9)17-13/h4-6H,7H2,1-2H3,(H,16,17). The Morgan fingerprint density at radius 2 is 2.23 bits per heavy atom. The number of nitriles is 1. The minimum absolute atomic E-state index is 0.145. The second-order valence-corrected chi connectivity index (χ2v) is 6.84. The van der Waals surface area contributed by atoms with Gasteiger partial charge >= 0.3 is 0 Å². The molecule has 22 heavy (non-hydrogen) atoms. The lowest BCUT2D eigenvalue weighted by Crippen LogP contribution is -2.15. The van der Waals surface area contributed by atoms with Crippen LogP contribution in [0, 0.1) is 11.3 Å². The molecule has 0 aromatic carbocycles. The number of nitrogens with one attached hydrogen (secondary N) is 1. The molecule has 0 saturated carbocycles. The maximum Gasteiger partial charge on any atom is 0.197 e. The fourth-order valence-corrected chi connectivity index (χ4v) is 3.54. The summed E-state index contributed by atoms with van der Waals surface area (Å²) in [6, 6.07) is 2.04. The van der Waals surface area contributed by atoms with Gasteiger partial charge in [0.25, 0.3) is 0 Å². The monoisotopic (exact) mass is 332 g/mol. The van der Waals surface area contributed by atoms with Crippen molar-refractivity contribution in [1.82, 2.24) is 19.9 Å². The second kappa shape index (κ2) is 5.82. The predicted molar refractivity (Wildman–Crippen MR) is 85.2 cm³/mol. The van der Waals surface area contributed by atoms with Crippen LogP contribution >= 0.6 is 11.3 Å². The quantitative estimate of drug-likeness (QED) is 0.780. The highest BCUT2D eigenvalue weighted by Crippen LogP contribution is 2.19. The summed E-state index contributed by atoms with van der Waals surface area (Å²) in [7, 11) is 2.23. The van der Waals surface area contributed by atoms with E-state index in [1.54, 1.807) is 19.0 Å². The molecule has 1 N–H and O–H groups in total. The molecule has 3 aromatic heterocycles. The third kappa shape index (κ3) is 2.70. The zero-order valence-corrected chi connectivity index (χ0v) is 13.5. The van der Waals surface area contributed by atoms with Crippen molar-refractivity contribution in [2.75, 3.05) is 19.0 Å². The Morgan fingerprint density at radius 3 is 2.91 bits per heavy atom. The Labute approximate surface area is 133 Å². The van der Waals surface area contributed by atoms with Crippen LogP contribution < -0.4 is 4.90 Å². The van der Waals surface area contributed by atoms with Crippen LogP contribution in [0.15, 0.2) is 22.1 Å². The molecule has 112 valence electrons. The van der Waals surface area contributed by atoms with E-state index < -0.39 is 10.8 Å². The van der Waals surface area contributed by atoms with Crippen molar-refractivity contribution >= 4 is 39.0 Å². The first kappa shape index (κ1) is 14.6. The molecule has 0 aliphatic rings. The molecule has 0 spiro atoms.